The third kappa shape index (κ3) is 3.34. The topological polar surface area (TPSA) is 28.2 Å². The van der Waals surface area contributed by atoms with E-state index in [9.17, 15) is 0 Å². The van der Waals surface area contributed by atoms with Gasteiger partial charge in [0, 0.05) is 23.5 Å². The first-order valence-electron chi connectivity index (χ1n) is 8.18. The lowest BCUT2D eigenvalue weighted by molar-refractivity contribution is 0.625. The summed E-state index contributed by atoms with van der Waals surface area (Å²) in [4.78, 5) is 9.01. The maximum absolute atomic E-state index is 4.99. The Morgan fingerprint density at radius 3 is 2.75 bits per heavy atom. The minimum absolute atomic E-state index is 0.646. The molecule has 2 heterocycles. The zero-order chi connectivity index (χ0) is 14.5. The fourth-order valence-electron chi connectivity index (χ4n) is 3.11. The van der Waals surface area contributed by atoms with Crippen molar-refractivity contribution in [2.45, 2.75) is 78.4 Å². The number of anilines is 1. The Morgan fingerprint density at radius 1 is 1.30 bits per heavy atom. The van der Waals surface area contributed by atoms with Gasteiger partial charge in [0.05, 0.1) is 5.69 Å². The standard InChI is InChI=1S/C16H29N3S/c1-5-8-14-15(11-17-7-3)20-16(18-14)19-12(4)9-10-13(19)6-2/h12-13,17H,5-11H2,1-4H3. The molecule has 0 radical (unpaired) electrons. The van der Waals surface area contributed by atoms with Gasteiger partial charge in [-0.1, -0.05) is 27.2 Å². The maximum atomic E-state index is 4.99. The number of rotatable bonds is 7. The van der Waals surface area contributed by atoms with Crippen molar-refractivity contribution in [3.8, 4) is 0 Å². The first-order chi connectivity index (χ1) is 9.71. The Hall–Kier alpha value is -0.610. The van der Waals surface area contributed by atoms with Crippen LogP contribution in [-0.2, 0) is 13.0 Å². The summed E-state index contributed by atoms with van der Waals surface area (Å²) in [5.41, 5.74) is 1.32. The van der Waals surface area contributed by atoms with Crippen LogP contribution in [0.2, 0.25) is 0 Å². The minimum atomic E-state index is 0.646. The van der Waals surface area contributed by atoms with E-state index in [1.165, 1.54) is 41.4 Å². The molecule has 2 atom stereocenters. The molecule has 2 rings (SSSR count). The molecule has 4 heteroatoms. The summed E-state index contributed by atoms with van der Waals surface area (Å²) in [6.07, 6.45) is 6.15. The molecule has 1 N–H and O–H groups in total. The Balaban J connectivity index is 2.22. The Morgan fingerprint density at radius 2 is 2.10 bits per heavy atom. The summed E-state index contributed by atoms with van der Waals surface area (Å²) >= 11 is 1.91. The van der Waals surface area contributed by atoms with Gasteiger partial charge in [0.25, 0.3) is 0 Å². The summed E-state index contributed by atoms with van der Waals surface area (Å²) in [7, 11) is 0. The average Bonchev–Trinajstić information content (AvgIpc) is 3.00. The molecular formula is C16H29N3S. The van der Waals surface area contributed by atoms with Crippen molar-refractivity contribution in [2.75, 3.05) is 11.4 Å². The number of aromatic nitrogens is 1. The van der Waals surface area contributed by atoms with E-state index in [4.69, 9.17) is 4.98 Å². The van der Waals surface area contributed by atoms with Gasteiger partial charge in [-0.25, -0.2) is 4.98 Å². The lowest BCUT2D eigenvalue weighted by atomic mass is 10.2. The van der Waals surface area contributed by atoms with E-state index in [-0.39, 0.29) is 0 Å². The molecule has 0 bridgehead atoms. The van der Waals surface area contributed by atoms with Crippen LogP contribution < -0.4 is 10.2 Å². The normalized spacial score (nSPS) is 22.7. The molecule has 2 unspecified atom stereocenters. The number of nitrogens with one attached hydrogen (secondary N) is 1. The van der Waals surface area contributed by atoms with Crippen molar-refractivity contribution in [3.63, 3.8) is 0 Å². The lowest BCUT2D eigenvalue weighted by Gasteiger charge is -2.27. The maximum Gasteiger partial charge on any atom is 0.186 e. The third-order valence-electron chi connectivity index (χ3n) is 4.27. The van der Waals surface area contributed by atoms with E-state index in [1.54, 1.807) is 0 Å². The van der Waals surface area contributed by atoms with Gasteiger partial charge in [-0.05, 0) is 39.2 Å². The number of nitrogens with zero attached hydrogens (tertiary/aromatic N) is 2. The molecule has 1 aliphatic heterocycles. The highest BCUT2D eigenvalue weighted by Crippen LogP contribution is 2.36. The predicted octanol–water partition coefficient (Wildman–Crippen LogP) is 3.97. The van der Waals surface area contributed by atoms with Gasteiger partial charge in [-0.15, -0.1) is 11.3 Å². The van der Waals surface area contributed by atoms with Crippen molar-refractivity contribution in [1.29, 1.82) is 0 Å². The number of hydrogen-bond acceptors (Lipinski definition) is 4. The van der Waals surface area contributed by atoms with E-state index in [1.807, 2.05) is 11.3 Å². The fourth-order valence-corrected chi connectivity index (χ4v) is 4.36. The largest absolute Gasteiger partial charge is 0.342 e. The minimum Gasteiger partial charge on any atom is -0.342 e. The lowest BCUT2D eigenvalue weighted by Crippen LogP contribution is -2.33. The summed E-state index contributed by atoms with van der Waals surface area (Å²) in [5, 5.41) is 4.72. The highest BCUT2D eigenvalue weighted by Gasteiger charge is 2.31. The van der Waals surface area contributed by atoms with Crippen LogP contribution in [0.15, 0.2) is 0 Å². The molecule has 1 aromatic heterocycles. The van der Waals surface area contributed by atoms with Crippen molar-refractivity contribution in [1.82, 2.24) is 10.3 Å². The molecule has 0 aliphatic carbocycles. The monoisotopic (exact) mass is 295 g/mol. The van der Waals surface area contributed by atoms with Gasteiger partial charge in [-0.3, -0.25) is 0 Å². The molecule has 20 heavy (non-hydrogen) atoms. The first kappa shape index (κ1) is 15.8. The van der Waals surface area contributed by atoms with Crippen LogP contribution >= 0.6 is 11.3 Å². The summed E-state index contributed by atoms with van der Waals surface area (Å²) in [6, 6.07) is 1.34. The van der Waals surface area contributed by atoms with E-state index in [0.717, 1.165) is 19.5 Å². The van der Waals surface area contributed by atoms with E-state index in [2.05, 4.69) is 37.9 Å². The van der Waals surface area contributed by atoms with Gasteiger partial charge >= 0.3 is 0 Å². The second-order valence-corrected chi connectivity index (χ2v) is 6.85. The van der Waals surface area contributed by atoms with E-state index >= 15 is 0 Å². The highest BCUT2D eigenvalue weighted by atomic mass is 32.1. The molecule has 0 saturated carbocycles. The fraction of sp³-hybridized carbons (Fsp3) is 0.812. The molecule has 0 aromatic carbocycles. The first-order valence-corrected chi connectivity index (χ1v) is 9.00. The molecular weight excluding hydrogens is 266 g/mol. The van der Waals surface area contributed by atoms with Crippen LogP contribution in [0.25, 0.3) is 0 Å². The zero-order valence-corrected chi connectivity index (χ0v) is 14.2. The van der Waals surface area contributed by atoms with Crippen LogP contribution in [0.1, 0.15) is 63.9 Å². The van der Waals surface area contributed by atoms with Crippen LogP contribution in [0.4, 0.5) is 5.13 Å². The third-order valence-corrected chi connectivity index (χ3v) is 5.38. The summed E-state index contributed by atoms with van der Waals surface area (Å²) in [6.45, 7) is 11.1. The molecule has 1 fully saturated rings. The van der Waals surface area contributed by atoms with Gasteiger partial charge in [-0.2, -0.15) is 0 Å². The Bertz CT molecular complexity index is 416. The van der Waals surface area contributed by atoms with Gasteiger partial charge in [0.1, 0.15) is 0 Å². The summed E-state index contributed by atoms with van der Waals surface area (Å²) in [5.74, 6) is 0. The van der Waals surface area contributed by atoms with Gasteiger partial charge < -0.3 is 10.2 Å². The van der Waals surface area contributed by atoms with Gasteiger partial charge in [0.2, 0.25) is 0 Å². The molecule has 0 spiro atoms. The van der Waals surface area contributed by atoms with Crippen molar-refractivity contribution < 1.29 is 0 Å². The molecule has 0 amide bonds. The SMILES string of the molecule is CCCc1nc(N2C(C)CCC2CC)sc1CNCC. The van der Waals surface area contributed by atoms with E-state index in [0.29, 0.717) is 12.1 Å². The highest BCUT2D eigenvalue weighted by molar-refractivity contribution is 7.15. The second kappa shape index (κ2) is 7.41. The molecule has 1 saturated heterocycles. The summed E-state index contributed by atoms with van der Waals surface area (Å²) < 4.78 is 0. The number of hydrogen-bond donors (Lipinski definition) is 1. The molecule has 1 aromatic rings. The van der Waals surface area contributed by atoms with Crippen molar-refractivity contribution >= 4 is 16.5 Å². The Labute approximate surface area is 127 Å². The van der Waals surface area contributed by atoms with Crippen molar-refractivity contribution in [2.24, 2.45) is 0 Å². The Kier molecular flexibility index (Phi) is 5.85. The van der Waals surface area contributed by atoms with Crippen LogP contribution in [0.3, 0.4) is 0 Å². The smallest absolute Gasteiger partial charge is 0.186 e. The zero-order valence-electron chi connectivity index (χ0n) is 13.4. The van der Waals surface area contributed by atoms with E-state index < -0.39 is 0 Å². The molecule has 3 nitrogen and oxygen atoms in total. The van der Waals surface area contributed by atoms with Crippen LogP contribution in [0.5, 0.6) is 0 Å². The second-order valence-electron chi connectivity index (χ2n) is 5.79. The quantitative estimate of drug-likeness (QED) is 0.825. The van der Waals surface area contributed by atoms with Crippen molar-refractivity contribution in [3.05, 3.63) is 10.6 Å². The number of aryl methyl sites for hydroxylation is 1. The number of thiazole rings is 1. The van der Waals surface area contributed by atoms with Crippen LogP contribution in [-0.4, -0.2) is 23.6 Å². The van der Waals surface area contributed by atoms with Crippen LogP contribution in [0, 0.1) is 0 Å². The average molecular weight is 295 g/mol. The predicted molar refractivity (Wildman–Crippen MR) is 88.7 cm³/mol. The molecule has 1 aliphatic rings. The van der Waals surface area contributed by atoms with Gasteiger partial charge in [0.15, 0.2) is 5.13 Å². The molecule has 114 valence electrons.